The summed E-state index contributed by atoms with van der Waals surface area (Å²) >= 11 is 0. The van der Waals surface area contributed by atoms with Crippen LogP contribution in [0.5, 0.6) is 0 Å². The van der Waals surface area contributed by atoms with Crippen LogP contribution in [0, 0.1) is 6.07 Å². The van der Waals surface area contributed by atoms with E-state index in [0.717, 1.165) is 6.42 Å². The van der Waals surface area contributed by atoms with Crippen molar-refractivity contribution in [1.29, 1.82) is 0 Å². The topological polar surface area (TPSA) is 26.0 Å². The van der Waals surface area contributed by atoms with Crippen molar-refractivity contribution < 1.29 is 0 Å². The van der Waals surface area contributed by atoms with Gasteiger partial charge in [0.1, 0.15) is 0 Å². The molecule has 0 aliphatic rings. The summed E-state index contributed by atoms with van der Waals surface area (Å²) in [5.41, 5.74) is 9.45. The average molecular weight is 246 g/mol. The van der Waals surface area contributed by atoms with Gasteiger partial charge < -0.3 is 5.73 Å². The lowest BCUT2D eigenvalue weighted by atomic mass is 9.98. The summed E-state index contributed by atoms with van der Waals surface area (Å²) in [5, 5.41) is 2.46. The van der Waals surface area contributed by atoms with E-state index >= 15 is 0 Å². The van der Waals surface area contributed by atoms with Crippen LogP contribution in [0.3, 0.4) is 0 Å². The van der Waals surface area contributed by atoms with Gasteiger partial charge in [0.2, 0.25) is 0 Å². The molecule has 0 bridgehead atoms. The molecule has 3 aromatic rings. The molecule has 2 N–H and O–H groups in total. The van der Waals surface area contributed by atoms with E-state index < -0.39 is 0 Å². The number of benzene rings is 3. The van der Waals surface area contributed by atoms with Crippen LogP contribution in [0.25, 0.3) is 10.8 Å². The molecule has 0 saturated carbocycles. The third kappa shape index (κ3) is 2.51. The third-order valence-electron chi connectivity index (χ3n) is 3.45. The molecule has 1 heteroatoms. The van der Waals surface area contributed by atoms with Crippen LogP contribution < -0.4 is 5.73 Å². The number of hydrogen-bond donors (Lipinski definition) is 1. The minimum absolute atomic E-state index is 0.601. The molecule has 19 heavy (non-hydrogen) atoms. The van der Waals surface area contributed by atoms with Gasteiger partial charge in [-0.3, -0.25) is 0 Å². The third-order valence-corrected chi connectivity index (χ3v) is 3.45. The predicted octanol–water partition coefficient (Wildman–Crippen LogP) is 3.69. The van der Waals surface area contributed by atoms with E-state index in [1.54, 1.807) is 0 Å². The Bertz CT molecular complexity index is 678. The Morgan fingerprint density at radius 1 is 0.842 bits per heavy atom. The van der Waals surface area contributed by atoms with Crippen molar-refractivity contribution in [2.24, 2.45) is 5.73 Å². The van der Waals surface area contributed by atoms with Gasteiger partial charge in [-0.25, -0.2) is 0 Å². The highest BCUT2D eigenvalue weighted by molar-refractivity contribution is 5.85. The Morgan fingerprint density at radius 2 is 1.58 bits per heavy atom. The molecule has 1 nitrogen and oxygen atoms in total. The Labute approximate surface area is 113 Å². The number of rotatable bonds is 3. The Kier molecular flexibility index (Phi) is 3.30. The molecule has 0 fully saturated rings. The van der Waals surface area contributed by atoms with E-state index in [1.807, 2.05) is 6.07 Å². The maximum atomic E-state index is 5.62. The molecule has 0 unspecified atom stereocenters. The molecule has 0 aliphatic heterocycles. The molecule has 0 saturated heterocycles. The fraction of sp³-hybridized carbons (Fsp3) is 0.111. The zero-order valence-electron chi connectivity index (χ0n) is 10.8. The SMILES string of the molecule is NCc1ccc(Cc2cc[c]c3ccccc23)cc1. The normalized spacial score (nSPS) is 10.8. The van der Waals surface area contributed by atoms with Gasteiger partial charge in [-0.05, 0) is 39.9 Å². The Hall–Kier alpha value is -2.12. The van der Waals surface area contributed by atoms with Crippen LogP contribution in [-0.4, -0.2) is 0 Å². The van der Waals surface area contributed by atoms with Crippen LogP contribution >= 0.6 is 0 Å². The number of fused-ring (bicyclic) bond motifs is 1. The smallest absolute Gasteiger partial charge is 0.0178 e. The fourth-order valence-electron chi connectivity index (χ4n) is 2.38. The predicted molar refractivity (Wildman–Crippen MR) is 79.9 cm³/mol. The molecule has 0 atom stereocenters. The van der Waals surface area contributed by atoms with E-state index in [-0.39, 0.29) is 0 Å². The standard InChI is InChI=1S/C18H16N/c19-13-15-10-8-14(9-11-15)12-17-6-3-5-16-4-1-2-7-18(16)17/h1-4,6-11H,12-13,19H2. The highest BCUT2D eigenvalue weighted by Crippen LogP contribution is 2.21. The fourth-order valence-corrected chi connectivity index (χ4v) is 2.38. The summed E-state index contributed by atoms with van der Waals surface area (Å²) in [4.78, 5) is 0. The largest absolute Gasteiger partial charge is 0.326 e. The van der Waals surface area contributed by atoms with Crippen molar-refractivity contribution >= 4 is 10.8 Å². The van der Waals surface area contributed by atoms with Crippen molar-refractivity contribution in [3.05, 3.63) is 83.4 Å². The average Bonchev–Trinajstić information content (AvgIpc) is 2.48. The molecular formula is C18H16N. The second-order valence-corrected chi connectivity index (χ2v) is 4.75. The lowest BCUT2D eigenvalue weighted by Gasteiger charge is -2.07. The molecule has 0 aromatic heterocycles. The van der Waals surface area contributed by atoms with Crippen molar-refractivity contribution in [2.45, 2.75) is 13.0 Å². The van der Waals surface area contributed by atoms with Crippen molar-refractivity contribution in [2.75, 3.05) is 0 Å². The van der Waals surface area contributed by atoms with Crippen molar-refractivity contribution in [1.82, 2.24) is 0 Å². The first-order valence-electron chi connectivity index (χ1n) is 6.53. The highest BCUT2D eigenvalue weighted by Gasteiger charge is 2.02. The van der Waals surface area contributed by atoms with Gasteiger partial charge in [0.25, 0.3) is 0 Å². The Morgan fingerprint density at radius 3 is 2.37 bits per heavy atom. The van der Waals surface area contributed by atoms with Gasteiger partial charge in [-0.15, -0.1) is 0 Å². The summed E-state index contributed by atoms with van der Waals surface area (Å²) in [7, 11) is 0. The molecule has 0 spiro atoms. The van der Waals surface area contributed by atoms with E-state index in [9.17, 15) is 0 Å². The summed E-state index contributed by atoms with van der Waals surface area (Å²) in [6.07, 6.45) is 0.944. The molecule has 3 aromatic carbocycles. The van der Waals surface area contributed by atoms with Crippen molar-refractivity contribution in [3.8, 4) is 0 Å². The first-order chi connectivity index (χ1) is 9.36. The van der Waals surface area contributed by atoms with E-state index in [0.29, 0.717) is 6.54 Å². The summed E-state index contributed by atoms with van der Waals surface area (Å²) in [5.74, 6) is 0. The molecule has 0 heterocycles. The molecule has 93 valence electrons. The molecule has 0 aliphatic carbocycles. The number of hydrogen-bond acceptors (Lipinski definition) is 1. The molecule has 1 radical (unpaired) electrons. The van der Waals surface area contributed by atoms with Crippen LogP contribution in [0.2, 0.25) is 0 Å². The first kappa shape index (κ1) is 11.9. The zero-order chi connectivity index (χ0) is 13.1. The van der Waals surface area contributed by atoms with Gasteiger partial charge in [0.05, 0.1) is 0 Å². The first-order valence-corrected chi connectivity index (χ1v) is 6.53. The molecule has 3 rings (SSSR count). The summed E-state index contributed by atoms with van der Waals surface area (Å²) in [6, 6.07) is 24.4. The zero-order valence-corrected chi connectivity index (χ0v) is 10.8. The van der Waals surface area contributed by atoms with E-state index in [4.69, 9.17) is 5.73 Å². The van der Waals surface area contributed by atoms with Crippen LogP contribution in [0.1, 0.15) is 16.7 Å². The Balaban J connectivity index is 1.96. The van der Waals surface area contributed by atoms with Gasteiger partial charge in [-0.1, -0.05) is 60.7 Å². The van der Waals surface area contributed by atoms with Gasteiger partial charge in [0.15, 0.2) is 0 Å². The summed E-state index contributed by atoms with van der Waals surface area (Å²) in [6.45, 7) is 0.601. The maximum absolute atomic E-state index is 5.62. The minimum Gasteiger partial charge on any atom is -0.326 e. The second-order valence-electron chi connectivity index (χ2n) is 4.75. The lowest BCUT2D eigenvalue weighted by molar-refractivity contribution is 1.06. The van der Waals surface area contributed by atoms with Crippen LogP contribution in [-0.2, 0) is 13.0 Å². The number of nitrogens with two attached hydrogens (primary N) is 1. The quantitative estimate of drug-likeness (QED) is 0.749. The van der Waals surface area contributed by atoms with E-state index in [2.05, 4.69) is 60.7 Å². The monoisotopic (exact) mass is 246 g/mol. The maximum Gasteiger partial charge on any atom is 0.0178 e. The summed E-state index contributed by atoms with van der Waals surface area (Å²) < 4.78 is 0. The molecule has 0 amide bonds. The van der Waals surface area contributed by atoms with Crippen molar-refractivity contribution in [3.63, 3.8) is 0 Å². The molecular weight excluding hydrogens is 230 g/mol. The van der Waals surface area contributed by atoms with Crippen LogP contribution in [0.4, 0.5) is 0 Å². The van der Waals surface area contributed by atoms with Gasteiger partial charge in [-0.2, -0.15) is 0 Å². The second kappa shape index (κ2) is 5.25. The van der Waals surface area contributed by atoms with Crippen LogP contribution in [0.15, 0.2) is 60.7 Å². The van der Waals surface area contributed by atoms with Gasteiger partial charge >= 0.3 is 0 Å². The highest BCUT2D eigenvalue weighted by atomic mass is 14.5. The minimum atomic E-state index is 0.601. The van der Waals surface area contributed by atoms with Gasteiger partial charge in [0, 0.05) is 6.54 Å². The lowest BCUT2D eigenvalue weighted by Crippen LogP contribution is -1.96. The van der Waals surface area contributed by atoms with E-state index in [1.165, 1.54) is 27.5 Å².